The summed E-state index contributed by atoms with van der Waals surface area (Å²) in [5.74, 6) is 0.599. The number of nitrogens with one attached hydrogen (secondary N) is 1. The molecular formula is C12H10N4O2. The van der Waals surface area contributed by atoms with Crippen LogP contribution in [-0.4, -0.2) is 19.7 Å². The molecule has 1 N–H and O–H groups in total. The summed E-state index contributed by atoms with van der Waals surface area (Å²) in [5, 5.41) is 7.74. The first-order valence-corrected chi connectivity index (χ1v) is 5.37. The largest absolute Gasteiger partial charge is 0.435 e. The number of benzene rings is 1. The number of rotatable bonds is 2. The standard InChI is InChI=1S/C12H10N4O2/c1-16-5-4-13-11(12(16)17)18-9-3-2-8-7-14-15-10(8)6-9/h2-7H,1H3,(H,14,15). The molecule has 0 fully saturated rings. The van der Waals surface area contributed by atoms with Gasteiger partial charge in [0.15, 0.2) is 0 Å². The van der Waals surface area contributed by atoms with Crippen LogP contribution in [0.3, 0.4) is 0 Å². The van der Waals surface area contributed by atoms with Crippen LogP contribution in [0.25, 0.3) is 10.9 Å². The minimum Gasteiger partial charge on any atom is -0.435 e. The maximum atomic E-state index is 11.7. The van der Waals surface area contributed by atoms with Gasteiger partial charge in [0, 0.05) is 30.9 Å². The van der Waals surface area contributed by atoms with Gasteiger partial charge in [-0.15, -0.1) is 0 Å². The maximum Gasteiger partial charge on any atom is 0.313 e. The van der Waals surface area contributed by atoms with E-state index in [1.807, 2.05) is 6.07 Å². The highest BCUT2D eigenvalue weighted by Crippen LogP contribution is 2.21. The Kier molecular flexibility index (Phi) is 2.33. The minimum absolute atomic E-state index is 0.0545. The second-order valence-electron chi connectivity index (χ2n) is 3.87. The molecule has 1 aromatic carbocycles. The first-order chi connectivity index (χ1) is 8.74. The number of nitrogens with zero attached hydrogens (tertiary/aromatic N) is 3. The highest BCUT2D eigenvalue weighted by Gasteiger charge is 2.06. The van der Waals surface area contributed by atoms with Crippen LogP contribution < -0.4 is 10.3 Å². The zero-order valence-corrected chi connectivity index (χ0v) is 9.62. The molecule has 0 saturated heterocycles. The number of aromatic amines is 1. The fraction of sp³-hybridized carbons (Fsp3) is 0.0833. The van der Waals surface area contributed by atoms with Crippen molar-refractivity contribution in [3.63, 3.8) is 0 Å². The van der Waals surface area contributed by atoms with Crippen LogP contribution >= 0.6 is 0 Å². The lowest BCUT2D eigenvalue weighted by Crippen LogP contribution is -2.18. The van der Waals surface area contributed by atoms with Crippen molar-refractivity contribution < 1.29 is 4.74 Å². The molecule has 0 radical (unpaired) electrons. The van der Waals surface area contributed by atoms with Gasteiger partial charge >= 0.3 is 5.56 Å². The van der Waals surface area contributed by atoms with Crippen LogP contribution in [0.1, 0.15) is 0 Å². The van der Waals surface area contributed by atoms with E-state index in [1.54, 1.807) is 31.6 Å². The third kappa shape index (κ3) is 1.73. The fourth-order valence-electron chi connectivity index (χ4n) is 1.64. The molecule has 0 aliphatic heterocycles. The summed E-state index contributed by atoms with van der Waals surface area (Å²) in [5.41, 5.74) is 0.572. The maximum absolute atomic E-state index is 11.7. The summed E-state index contributed by atoms with van der Waals surface area (Å²) in [6, 6.07) is 5.41. The Morgan fingerprint density at radius 1 is 1.39 bits per heavy atom. The number of hydrogen-bond donors (Lipinski definition) is 1. The van der Waals surface area contributed by atoms with E-state index in [0.717, 1.165) is 10.9 Å². The van der Waals surface area contributed by atoms with Crippen molar-refractivity contribution in [2.24, 2.45) is 7.05 Å². The monoisotopic (exact) mass is 242 g/mol. The Morgan fingerprint density at radius 2 is 2.28 bits per heavy atom. The van der Waals surface area contributed by atoms with Crippen molar-refractivity contribution >= 4 is 10.9 Å². The zero-order chi connectivity index (χ0) is 12.5. The fourth-order valence-corrected chi connectivity index (χ4v) is 1.64. The van der Waals surface area contributed by atoms with Gasteiger partial charge in [-0.1, -0.05) is 0 Å². The van der Waals surface area contributed by atoms with Crippen LogP contribution in [0.15, 0.2) is 41.6 Å². The van der Waals surface area contributed by atoms with Gasteiger partial charge in [0.1, 0.15) is 5.75 Å². The lowest BCUT2D eigenvalue weighted by molar-refractivity contribution is 0.449. The summed E-state index contributed by atoms with van der Waals surface area (Å²) in [7, 11) is 1.65. The highest BCUT2D eigenvalue weighted by molar-refractivity contribution is 5.79. The van der Waals surface area contributed by atoms with Crippen molar-refractivity contribution in [2.75, 3.05) is 0 Å². The predicted molar refractivity (Wildman–Crippen MR) is 65.6 cm³/mol. The number of H-pyrrole nitrogens is 1. The topological polar surface area (TPSA) is 72.8 Å². The lowest BCUT2D eigenvalue weighted by Gasteiger charge is -2.04. The van der Waals surface area contributed by atoms with Gasteiger partial charge in [0.2, 0.25) is 0 Å². The Balaban J connectivity index is 2.00. The van der Waals surface area contributed by atoms with Crippen LogP contribution in [0.5, 0.6) is 11.6 Å². The van der Waals surface area contributed by atoms with Crippen molar-refractivity contribution in [1.29, 1.82) is 0 Å². The predicted octanol–water partition coefficient (Wildman–Crippen LogP) is 1.45. The van der Waals surface area contributed by atoms with Gasteiger partial charge in [-0.3, -0.25) is 9.89 Å². The van der Waals surface area contributed by atoms with Crippen LogP contribution in [-0.2, 0) is 7.05 Å². The van der Waals surface area contributed by atoms with Gasteiger partial charge in [-0.25, -0.2) is 4.98 Å². The summed E-state index contributed by atoms with van der Waals surface area (Å²) in [4.78, 5) is 15.7. The molecule has 2 heterocycles. The van der Waals surface area contributed by atoms with Crippen LogP contribution in [0.4, 0.5) is 0 Å². The zero-order valence-electron chi connectivity index (χ0n) is 9.62. The molecule has 0 saturated carbocycles. The second-order valence-corrected chi connectivity index (χ2v) is 3.87. The molecule has 0 atom stereocenters. The number of aryl methyl sites for hydroxylation is 1. The number of aromatic nitrogens is 4. The molecule has 90 valence electrons. The normalized spacial score (nSPS) is 10.7. The lowest BCUT2D eigenvalue weighted by atomic mass is 10.2. The number of ether oxygens (including phenoxy) is 1. The van der Waals surface area contributed by atoms with Gasteiger partial charge in [-0.05, 0) is 12.1 Å². The van der Waals surface area contributed by atoms with Gasteiger partial charge in [0.05, 0.1) is 11.7 Å². The summed E-state index contributed by atoms with van der Waals surface area (Å²) < 4.78 is 6.89. The summed E-state index contributed by atoms with van der Waals surface area (Å²) >= 11 is 0. The molecule has 0 unspecified atom stereocenters. The van der Waals surface area contributed by atoms with E-state index in [0.29, 0.717) is 5.75 Å². The van der Waals surface area contributed by atoms with Crippen LogP contribution in [0.2, 0.25) is 0 Å². The van der Waals surface area contributed by atoms with E-state index in [-0.39, 0.29) is 11.4 Å². The van der Waals surface area contributed by atoms with Gasteiger partial charge in [-0.2, -0.15) is 5.10 Å². The molecular weight excluding hydrogens is 232 g/mol. The molecule has 0 amide bonds. The Labute approximate surface area is 102 Å². The number of fused-ring (bicyclic) bond motifs is 1. The molecule has 2 aromatic heterocycles. The summed E-state index contributed by atoms with van der Waals surface area (Å²) in [6.07, 6.45) is 4.82. The molecule has 0 spiro atoms. The molecule has 3 aromatic rings. The van der Waals surface area contributed by atoms with Crippen molar-refractivity contribution in [2.45, 2.75) is 0 Å². The molecule has 0 aliphatic rings. The molecule has 6 heteroatoms. The molecule has 18 heavy (non-hydrogen) atoms. The van der Waals surface area contributed by atoms with Gasteiger partial charge in [0.25, 0.3) is 5.88 Å². The molecule has 3 rings (SSSR count). The number of hydrogen-bond acceptors (Lipinski definition) is 4. The van der Waals surface area contributed by atoms with Crippen LogP contribution in [0, 0.1) is 0 Å². The molecule has 0 aliphatic carbocycles. The third-order valence-electron chi connectivity index (χ3n) is 2.61. The Bertz CT molecular complexity index is 760. The van der Waals surface area contributed by atoms with E-state index >= 15 is 0 Å². The first kappa shape index (κ1) is 10.5. The highest BCUT2D eigenvalue weighted by atomic mass is 16.5. The smallest absolute Gasteiger partial charge is 0.313 e. The van der Waals surface area contributed by atoms with Gasteiger partial charge < -0.3 is 9.30 Å². The SMILES string of the molecule is Cn1ccnc(Oc2ccc3cn[nH]c3c2)c1=O. The van der Waals surface area contributed by atoms with E-state index in [4.69, 9.17) is 4.74 Å². The third-order valence-corrected chi connectivity index (χ3v) is 2.61. The summed E-state index contributed by atoms with van der Waals surface area (Å²) in [6.45, 7) is 0. The van der Waals surface area contributed by atoms with Crippen molar-refractivity contribution in [1.82, 2.24) is 19.7 Å². The van der Waals surface area contributed by atoms with E-state index in [9.17, 15) is 4.79 Å². The first-order valence-electron chi connectivity index (χ1n) is 5.37. The quantitative estimate of drug-likeness (QED) is 0.738. The molecule has 6 nitrogen and oxygen atoms in total. The molecule has 0 bridgehead atoms. The average molecular weight is 242 g/mol. The Hall–Kier alpha value is -2.63. The minimum atomic E-state index is -0.276. The van der Waals surface area contributed by atoms with Crippen molar-refractivity contribution in [3.05, 3.63) is 47.1 Å². The second kappa shape index (κ2) is 3.99. The van der Waals surface area contributed by atoms with E-state index < -0.39 is 0 Å². The Morgan fingerprint density at radius 3 is 3.17 bits per heavy atom. The van der Waals surface area contributed by atoms with Crippen molar-refractivity contribution in [3.8, 4) is 11.6 Å². The van der Waals surface area contributed by atoms with E-state index in [2.05, 4.69) is 15.2 Å². The average Bonchev–Trinajstić information content (AvgIpc) is 2.82. The van der Waals surface area contributed by atoms with E-state index in [1.165, 1.54) is 10.8 Å².